The molecular weight excluding hydrogens is 366 g/mol. The number of pyridine rings is 1. The van der Waals surface area contributed by atoms with Gasteiger partial charge in [0, 0.05) is 30.9 Å². The quantitative estimate of drug-likeness (QED) is 0.717. The number of aryl methyl sites for hydroxylation is 2. The van der Waals surface area contributed by atoms with Gasteiger partial charge in [0.25, 0.3) is 0 Å². The van der Waals surface area contributed by atoms with Crippen LogP contribution in [0, 0.1) is 19.8 Å². The fraction of sp³-hybridized carbons (Fsp3) is 0.381. The van der Waals surface area contributed by atoms with Crippen molar-refractivity contribution in [2.45, 2.75) is 33.2 Å². The fourth-order valence-electron chi connectivity index (χ4n) is 3.66. The van der Waals surface area contributed by atoms with E-state index in [9.17, 15) is 4.79 Å². The first kappa shape index (κ1) is 19.0. The minimum atomic E-state index is 0.0249. The first-order valence-corrected chi connectivity index (χ1v) is 9.90. The second-order valence-electron chi connectivity index (χ2n) is 7.39. The van der Waals surface area contributed by atoms with E-state index in [1.165, 1.54) is 0 Å². The topological polar surface area (TPSA) is 88.8 Å². The van der Waals surface area contributed by atoms with E-state index in [-0.39, 0.29) is 11.8 Å². The molecule has 0 spiro atoms. The van der Waals surface area contributed by atoms with Crippen LogP contribution in [-0.2, 0) is 11.3 Å². The Morgan fingerprint density at radius 2 is 1.86 bits per heavy atom. The molecule has 8 heteroatoms. The summed E-state index contributed by atoms with van der Waals surface area (Å²) >= 11 is 0. The molecule has 1 amide bonds. The van der Waals surface area contributed by atoms with Crippen LogP contribution in [0.25, 0.3) is 5.82 Å². The van der Waals surface area contributed by atoms with E-state index in [2.05, 4.69) is 30.5 Å². The van der Waals surface area contributed by atoms with Crippen molar-refractivity contribution in [3.05, 3.63) is 59.7 Å². The second-order valence-corrected chi connectivity index (χ2v) is 7.39. The molecule has 0 saturated carbocycles. The Balaban J connectivity index is 1.31. The van der Waals surface area contributed by atoms with Gasteiger partial charge in [-0.3, -0.25) is 9.78 Å². The van der Waals surface area contributed by atoms with Crippen molar-refractivity contribution in [3.8, 4) is 5.82 Å². The Bertz CT molecular complexity index is 960. The Labute approximate surface area is 170 Å². The van der Waals surface area contributed by atoms with Crippen molar-refractivity contribution in [2.24, 2.45) is 5.92 Å². The Morgan fingerprint density at radius 3 is 2.48 bits per heavy atom. The maximum atomic E-state index is 12.5. The summed E-state index contributed by atoms with van der Waals surface area (Å²) in [7, 11) is 0. The zero-order valence-corrected chi connectivity index (χ0v) is 16.7. The highest BCUT2D eigenvalue weighted by Crippen LogP contribution is 2.22. The first-order chi connectivity index (χ1) is 14.1. The maximum Gasteiger partial charge on any atom is 0.223 e. The average Bonchev–Trinajstić information content (AvgIpc) is 3.11. The van der Waals surface area contributed by atoms with Gasteiger partial charge in [0.15, 0.2) is 11.6 Å². The predicted octanol–water partition coefficient (Wildman–Crippen LogP) is 2.21. The van der Waals surface area contributed by atoms with Gasteiger partial charge >= 0.3 is 0 Å². The smallest absolute Gasteiger partial charge is 0.223 e. The van der Waals surface area contributed by atoms with Gasteiger partial charge in [-0.1, -0.05) is 6.07 Å². The molecule has 4 heterocycles. The Morgan fingerprint density at radius 1 is 1.10 bits per heavy atom. The van der Waals surface area contributed by atoms with Crippen LogP contribution >= 0.6 is 0 Å². The largest absolute Gasteiger partial charge is 0.355 e. The second kappa shape index (κ2) is 8.38. The zero-order valence-electron chi connectivity index (χ0n) is 16.7. The third-order valence-corrected chi connectivity index (χ3v) is 5.22. The lowest BCUT2D eigenvalue weighted by atomic mass is 9.96. The number of amides is 1. The van der Waals surface area contributed by atoms with Crippen molar-refractivity contribution in [1.82, 2.24) is 30.3 Å². The minimum absolute atomic E-state index is 0.0249. The SMILES string of the molecule is Cc1cc(C)n(-c2ccc(N3CCC(C(=O)NCc4ccccn4)CC3)nn2)n1. The molecule has 8 nitrogen and oxygen atoms in total. The van der Waals surface area contributed by atoms with Crippen molar-refractivity contribution >= 4 is 11.7 Å². The van der Waals surface area contributed by atoms with Gasteiger partial charge in [-0.25, -0.2) is 4.68 Å². The highest BCUT2D eigenvalue weighted by molar-refractivity contribution is 5.78. The van der Waals surface area contributed by atoms with Crippen LogP contribution in [0.2, 0.25) is 0 Å². The van der Waals surface area contributed by atoms with Crippen molar-refractivity contribution in [2.75, 3.05) is 18.0 Å². The van der Waals surface area contributed by atoms with E-state index < -0.39 is 0 Å². The molecule has 0 radical (unpaired) electrons. The molecule has 0 aromatic carbocycles. The molecule has 4 rings (SSSR count). The zero-order chi connectivity index (χ0) is 20.2. The van der Waals surface area contributed by atoms with E-state index >= 15 is 0 Å². The molecule has 3 aromatic heterocycles. The van der Waals surface area contributed by atoms with Gasteiger partial charge in [-0.05, 0) is 57.0 Å². The number of anilines is 1. The summed E-state index contributed by atoms with van der Waals surface area (Å²) in [5, 5.41) is 16.2. The number of rotatable bonds is 5. The predicted molar refractivity (Wildman–Crippen MR) is 110 cm³/mol. The summed E-state index contributed by atoms with van der Waals surface area (Å²) < 4.78 is 1.80. The summed E-state index contributed by atoms with van der Waals surface area (Å²) in [6.07, 6.45) is 3.34. The Hall–Kier alpha value is -3.29. The first-order valence-electron chi connectivity index (χ1n) is 9.90. The number of nitrogens with zero attached hydrogens (tertiary/aromatic N) is 6. The maximum absolute atomic E-state index is 12.5. The van der Waals surface area contributed by atoms with Crippen LogP contribution in [0.4, 0.5) is 5.82 Å². The number of carbonyl (C=O) groups excluding carboxylic acids is 1. The lowest BCUT2D eigenvalue weighted by Crippen LogP contribution is -2.40. The van der Waals surface area contributed by atoms with Crippen LogP contribution in [0.3, 0.4) is 0 Å². The van der Waals surface area contributed by atoms with Gasteiger partial charge in [-0.15, -0.1) is 10.2 Å². The van der Waals surface area contributed by atoms with E-state index in [1.54, 1.807) is 10.9 Å². The lowest BCUT2D eigenvalue weighted by Gasteiger charge is -2.31. The molecule has 1 saturated heterocycles. The van der Waals surface area contributed by atoms with Crippen LogP contribution in [0.1, 0.15) is 29.9 Å². The molecule has 150 valence electrons. The average molecular weight is 391 g/mol. The number of aromatic nitrogens is 5. The van der Waals surface area contributed by atoms with Crippen LogP contribution in [-0.4, -0.2) is 44.0 Å². The number of piperidine rings is 1. The third kappa shape index (κ3) is 4.42. The van der Waals surface area contributed by atoms with Gasteiger partial charge in [-0.2, -0.15) is 5.10 Å². The van der Waals surface area contributed by atoms with Crippen molar-refractivity contribution in [1.29, 1.82) is 0 Å². The van der Waals surface area contributed by atoms with E-state index in [1.807, 2.05) is 50.2 Å². The summed E-state index contributed by atoms with van der Waals surface area (Å²) in [5.74, 6) is 1.67. The van der Waals surface area contributed by atoms with Crippen LogP contribution < -0.4 is 10.2 Å². The molecule has 29 heavy (non-hydrogen) atoms. The molecule has 3 aromatic rings. The standard InChI is InChI=1S/C21H25N7O/c1-15-13-16(2)28(26-15)20-7-6-19(24-25-20)27-11-8-17(9-12-27)21(29)23-14-18-5-3-4-10-22-18/h3-7,10,13,17H,8-9,11-12,14H2,1-2H3,(H,23,29). The molecular formula is C21H25N7O. The normalized spacial score (nSPS) is 14.8. The minimum Gasteiger partial charge on any atom is -0.355 e. The van der Waals surface area contributed by atoms with Gasteiger partial charge in [0.2, 0.25) is 5.91 Å². The third-order valence-electron chi connectivity index (χ3n) is 5.22. The van der Waals surface area contributed by atoms with E-state index in [4.69, 9.17) is 0 Å². The molecule has 1 aliphatic heterocycles. The Kier molecular flexibility index (Phi) is 5.50. The molecule has 0 atom stereocenters. The molecule has 1 aliphatic rings. The summed E-state index contributed by atoms with van der Waals surface area (Å²) in [6, 6.07) is 11.6. The van der Waals surface area contributed by atoms with Crippen molar-refractivity contribution in [3.63, 3.8) is 0 Å². The summed E-state index contributed by atoms with van der Waals surface area (Å²) in [4.78, 5) is 18.9. The van der Waals surface area contributed by atoms with Gasteiger partial charge in [0.1, 0.15) is 0 Å². The molecule has 0 unspecified atom stereocenters. The number of carbonyl (C=O) groups is 1. The van der Waals surface area contributed by atoms with Crippen LogP contribution in [0.5, 0.6) is 0 Å². The number of nitrogens with one attached hydrogen (secondary N) is 1. The fourth-order valence-corrected chi connectivity index (χ4v) is 3.66. The molecule has 0 bridgehead atoms. The van der Waals surface area contributed by atoms with E-state index in [0.717, 1.165) is 48.8 Å². The monoisotopic (exact) mass is 391 g/mol. The lowest BCUT2D eigenvalue weighted by molar-refractivity contribution is -0.125. The van der Waals surface area contributed by atoms with Gasteiger partial charge in [0.05, 0.1) is 17.9 Å². The summed E-state index contributed by atoms with van der Waals surface area (Å²) in [5.41, 5.74) is 2.86. The van der Waals surface area contributed by atoms with Gasteiger partial charge < -0.3 is 10.2 Å². The van der Waals surface area contributed by atoms with E-state index in [0.29, 0.717) is 12.4 Å². The molecule has 1 N–H and O–H groups in total. The molecule has 1 fully saturated rings. The highest BCUT2D eigenvalue weighted by Gasteiger charge is 2.25. The highest BCUT2D eigenvalue weighted by atomic mass is 16.1. The molecule has 0 aliphatic carbocycles. The summed E-state index contributed by atoms with van der Waals surface area (Å²) in [6.45, 7) is 6.01. The number of hydrogen-bond donors (Lipinski definition) is 1. The number of hydrogen-bond acceptors (Lipinski definition) is 6. The van der Waals surface area contributed by atoms with Crippen molar-refractivity contribution < 1.29 is 4.79 Å². The van der Waals surface area contributed by atoms with Crippen LogP contribution in [0.15, 0.2) is 42.6 Å².